The van der Waals surface area contributed by atoms with Crippen LogP contribution in [0.3, 0.4) is 0 Å². The third kappa shape index (κ3) is 2.59. The Morgan fingerprint density at radius 1 is 1.33 bits per heavy atom. The number of fused-ring (bicyclic) bond motifs is 1. The lowest BCUT2D eigenvalue weighted by atomic mass is 9.98. The normalized spacial score (nSPS) is 22.5. The summed E-state index contributed by atoms with van der Waals surface area (Å²) in [5.41, 5.74) is 3.28. The maximum atomic E-state index is 5.99. The number of hydrogen-bond donors (Lipinski definition) is 0. The van der Waals surface area contributed by atoms with E-state index in [1.54, 1.807) is 0 Å². The molecule has 2 aromatic heterocycles. The fraction of sp³-hybridized carbons (Fsp3) is 0.750. The number of hydrogen-bond acceptors (Lipinski definition) is 2. The zero-order chi connectivity index (χ0) is 15.0. The van der Waals surface area contributed by atoms with Crippen LogP contribution < -0.4 is 0 Å². The van der Waals surface area contributed by atoms with Crippen LogP contribution in [0.25, 0.3) is 11.2 Å². The molecule has 0 aliphatic heterocycles. The second kappa shape index (κ2) is 5.99. The molecule has 0 N–H and O–H groups in total. The van der Waals surface area contributed by atoms with E-state index >= 15 is 0 Å². The van der Waals surface area contributed by atoms with Crippen LogP contribution in [0.2, 0.25) is 0 Å². The Labute approximate surface area is 131 Å². The molecule has 0 saturated heterocycles. The number of imidazole rings is 1. The molecule has 4 nitrogen and oxygen atoms in total. The van der Waals surface area contributed by atoms with Gasteiger partial charge in [0.15, 0.2) is 5.65 Å². The van der Waals surface area contributed by atoms with E-state index in [1.807, 2.05) is 0 Å². The summed E-state index contributed by atoms with van der Waals surface area (Å²) in [4.78, 5) is 4.83. The van der Waals surface area contributed by atoms with Gasteiger partial charge in [-0.1, -0.05) is 19.8 Å². The van der Waals surface area contributed by atoms with E-state index in [2.05, 4.69) is 35.1 Å². The van der Waals surface area contributed by atoms with Gasteiger partial charge in [0, 0.05) is 25.4 Å². The largest absolute Gasteiger partial charge is 0.313 e. The number of aromatic nitrogens is 4. The van der Waals surface area contributed by atoms with E-state index in [1.165, 1.54) is 24.9 Å². The van der Waals surface area contributed by atoms with Crippen LogP contribution in [0.15, 0.2) is 0 Å². The molecule has 1 aliphatic carbocycles. The Morgan fingerprint density at radius 3 is 2.76 bits per heavy atom. The summed E-state index contributed by atoms with van der Waals surface area (Å²) in [7, 11) is 0. The Morgan fingerprint density at radius 2 is 2.14 bits per heavy atom. The van der Waals surface area contributed by atoms with Gasteiger partial charge in [-0.25, -0.2) is 9.67 Å². The Balaban J connectivity index is 2.05. The van der Waals surface area contributed by atoms with Crippen molar-refractivity contribution in [3.8, 4) is 0 Å². The van der Waals surface area contributed by atoms with E-state index in [4.69, 9.17) is 16.6 Å². The molecule has 1 fully saturated rings. The lowest BCUT2D eigenvalue weighted by molar-refractivity contribution is 0.361. The van der Waals surface area contributed by atoms with Gasteiger partial charge in [-0.3, -0.25) is 0 Å². The molecule has 0 radical (unpaired) electrons. The molecule has 5 heteroatoms. The number of halogens is 1. The van der Waals surface area contributed by atoms with Crippen molar-refractivity contribution in [2.75, 3.05) is 5.88 Å². The van der Waals surface area contributed by atoms with Gasteiger partial charge in [0.25, 0.3) is 0 Å². The topological polar surface area (TPSA) is 35.6 Å². The van der Waals surface area contributed by atoms with E-state index in [0.29, 0.717) is 5.88 Å². The van der Waals surface area contributed by atoms with Gasteiger partial charge >= 0.3 is 0 Å². The maximum absolute atomic E-state index is 5.99. The SMILES string of the molecule is CCn1nc(C)c2nc(CCCl)n(CC3CCCC3C)c21. The van der Waals surface area contributed by atoms with Crippen LogP contribution in [0.1, 0.15) is 44.6 Å². The highest BCUT2D eigenvalue weighted by Crippen LogP contribution is 2.34. The monoisotopic (exact) mass is 308 g/mol. The second-order valence-corrected chi connectivity index (χ2v) is 6.70. The molecular formula is C16H25ClN4. The minimum Gasteiger partial charge on any atom is -0.313 e. The number of rotatable bonds is 5. The molecule has 0 aromatic carbocycles. The Bertz CT molecular complexity index is 628. The summed E-state index contributed by atoms with van der Waals surface area (Å²) in [5.74, 6) is 3.32. The van der Waals surface area contributed by atoms with E-state index < -0.39 is 0 Å². The van der Waals surface area contributed by atoms with Crippen LogP contribution >= 0.6 is 11.6 Å². The van der Waals surface area contributed by atoms with E-state index in [-0.39, 0.29) is 0 Å². The maximum Gasteiger partial charge on any atom is 0.158 e. The molecular weight excluding hydrogens is 284 g/mol. The molecule has 3 rings (SSSR count). The zero-order valence-electron chi connectivity index (χ0n) is 13.3. The van der Waals surface area contributed by atoms with E-state index in [9.17, 15) is 0 Å². The summed E-state index contributed by atoms with van der Waals surface area (Å²) in [6.07, 6.45) is 4.89. The van der Waals surface area contributed by atoms with Crippen LogP contribution in [0, 0.1) is 18.8 Å². The minimum absolute atomic E-state index is 0.623. The molecule has 0 amide bonds. The number of nitrogens with zero attached hydrogens (tertiary/aromatic N) is 4. The van der Waals surface area contributed by atoms with E-state index in [0.717, 1.165) is 48.4 Å². The number of alkyl halides is 1. The van der Waals surface area contributed by atoms with Gasteiger partial charge in [-0.15, -0.1) is 11.6 Å². The standard InChI is InChI=1S/C16H25ClN4/c1-4-21-16-15(12(3)19-21)18-14(8-9-17)20(16)10-13-7-5-6-11(13)2/h11,13H,4-10H2,1-3H3. The highest BCUT2D eigenvalue weighted by molar-refractivity contribution is 6.17. The van der Waals surface area contributed by atoms with Gasteiger partial charge < -0.3 is 4.57 Å². The van der Waals surface area contributed by atoms with Crippen LogP contribution in [0.5, 0.6) is 0 Å². The summed E-state index contributed by atoms with van der Waals surface area (Å²) in [5, 5.41) is 4.62. The smallest absolute Gasteiger partial charge is 0.158 e. The van der Waals surface area contributed by atoms with Crippen molar-refractivity contribution in [3.63, 3.8) is 0 Å². The van der Waals surface area contributed by atoms with Gasteiger partial charge in [0.05, 0.1) is 5.69 Å². The first kappa shape index (κ1) is 14.9. The lowest BCUT2D eigenvalue weighted by Crippen LogP contribution is -2.17. The van der Waals surface area contributed by atoms with Crippen molar-refractivity contribution < 1.29 is 0 Å². The highest BCUT2D eigenvalue weighted by atomic mass is 35.5. The fourth-order valence-electron chi connectivity index (χ4n) is 3.69. The second-order valence-electron chi connectivity index (χ2n) is 6.32. The summed E-state index contributed by atoms with van der Waals surface area (Å²) >= 11 is 5.99. The summed E-state index contributed by atoms with van der Waals surface area (Å²) in [6, 6.07) is 0. The first-order valence-corrected chi connectivity index (χ1v) is 8.67. The molecule has 1 saturated carbocycles. The highest BCUT2D eigenvalue weighted by Gasteiger charge is 2.26. The quantitative estimate of drug-likeness (QED) is 0.788. The Kier molecular flexibility index (Phi) is 4.25. The van der Waals surface area contributed by atoms with Crippen molar-refractivity contribution in [2.45, 2.75) is 59.5 Å². The van der Waals surface area contributed by atoms with Gasteiger partial charge in [-0.05, 0) is 32.1 Å². The molecule has 21 heavy (non-hydrogen) atoms. The first-order valence-electron chi connectivity index (χ1n) is 8.14. The van der Waals surface area contributed by atoms with Crippen LogP contribution in [0.4, 0.5) is 0 Å². The van der Waals surface area contributed by atoms with Crippen LogP contribution in [-0.4, -0.2) is 25.2 Å². The predicted molar refractivity (Wildman–Crippen MR) is 86.9 cm³/mol. The zero-order valence-corrected chi connectivity index (χ0v) is 14.0. The molecule has 2 unspecified atom stereocenters. The van der Waals surface area contributed by atoms with Crippen molar-refractivity contribution in [1.29, 1.82) is 0 Å². The van der Waals surface area contributed by atoms with Gasteiger partial charge in [0.1, 0.15) is 11.3 Å². The summed E-state index contributed by atoms with van der Waals surface area (Å²) < 4.78 is 4.49. The van der Waals surface area contributed by atoms with Crippen molar-refractivity contribution in [2.24, 2.45) is 11.8 Å². The van der Waals surface area contributed by atoms with Crippen molar-refractivity contribution >= 4 is 22.8 Å². The van der Waals surface area contributed by atoms with Gasteiger partial charge in [0.2, 0.25) is 0 Å². The third-order valence-electron chi connectivity index (χ3n) is 4.95. The molecule has 0 spiro atoms. The third-order valence-corrected chi connectivity index (χ3v) is 5.14. The van der Waals surface area contributed by atoms with Crippen molar-refractivity contribution in [3.05, 3.63) is 11.5 Å². The van der Waals surface area contributed by atoms with Crippen molar-refractivity contribution in [1.82, 2.24) is 19.3 Å². The predicted octanol–water partition coefficient (Wildman–Crippen LogP) is 3.78. The lowest BCUT2D eigenvalue weighted by Gasteiger charge is -2.18. The average Bonchev–Trinajstić information content (AvgIpc) is 3.10. The number of aryl methyl sites for hydroxylation is 3. The molecule has 116 valence electrons. The average molecular weight is 309 g/mol. The minimum atomic E-state index is 0.623. The Hall–Kier alpha value is -1.03. The molecule has 2 aromatic rings. The molecule has 2 heterocycles. The molecule has 2 atom stereocenters. The first-order chi connectivity index (χ1) is 10.2. The van der Waals surface area contributed by atoms with Crippen LogP contribution in [-0.2, 0) is 19.5 Å². The summed E-state index contributed by atoms with van der Waals surface area (Å²) in [6.45, 7) is 8.53. The van der Waals surface area contributed by atoms with Gasteiger partial charge in [-0.2, -0.15) is 5.10 Å². The molecule has 1 aliphatic rings. The fourth-order valence-corrected chi connectivity index (χ4v) is 3.85. The molecule has 0 bridgehead atoms.